The quantitative estimate of drug-likeness (QED) is 0.720. The van der Waals surface area contributed by atoms with Crippen LogP contribution in [-0.2, 0) is 0 Å². The lowest BCUT2D eigenvalue weighted by molar-refractivity contribution is 0.0946. The Hall–Kier alpha value is -2.63. The molecule has 3 rings (SSSR count). The molecule has 2 aromatic rings. The van der Waals surface area contributed by atoms with E-state index < -0.39 is 0 Å². The van der Waals surface area contributed by atoms with Gasteiger partial charge in [0.25, 0.3) is 5.91 Å². The molecule has 0 aliphatic carbocycles. The number of nitrogens with zero attached hydrogens (tertiary/aromatic N) is 3. The molecule has 1 aliphatic heterocycles. The Labute approximate surface area is 174 Å². The van der Waals surface area contributed by atoms with Gasteiger partial charge in [-0.25, -0.2) is 9.97 Å². The molecule has 156 valence electrons. The predicted molar refractivity (Wildman–Crippen MR) is 119 cm³/mol. The van der Waals surface area contributed by atoms with E-state index in [9.17, 15) is 4.79 Å². The lowest BCUT2D eigenvalue weighted by Gasteiger charge is -2.32. The lowest BCUT2D eigenvalue weighted by atomic mass is 9.99. The van der Waals surface area contributed by atoms with Crippen LogP contribution < -0.4 is 15.5 Å². The highest BCUT2D eigenvalue weighted by molar-refractivity contribution is 5.93. The molecule has 1 fully saturated rings. The summed E-state index contributed by atoms with van der Waals surface area (Å²) in [4.78, 5) is 23.5. The number of hydrogen-bond donors (Lipinski definition) is 2. The summed E-state index contributed by atoms with van der Waals surface area (Å²) < 4.78 is 0. The van der Waals surface area contributed by atoms with Crippen molar-refractivity contribution in [2.24, 2.45) is 11.8 Å². The predicted octanol–water partition coefficient (Wildman–Crippen LogP) is 4.54. The minimum Gasteiger partial charge on any atom is -0.372 e. The first-order valence-electron chi connectivity index (χ1n) is 10.7. The second kappa shape index (κ2) is 9.72. The molecule has 1 saturated heterocycles. The van der Waals surface area contributed by atoms with Gasteiger partial charge in [0.05, 0.1) is 0 Å². The third kappa shape index (κ3) is 6.17. The van der Waals surface area contributed by atoms with Crippen molar-refractivity contribution in [2.75, 3.05) is 29.9 Å². The number of anilines is 3. The highest BCUT2D eigenvalue weighted by atomic mass is 16.1. The number of amides is 1. The van der Waals surface area contributed by atoms with Gasteiger partial charge in [0.1, 0.15) is 17.3 Å². The summed E-state index contributed by atoms with van der Waals surface area (Å²) in [5, 5.41) is 6.23. The molecule has 0 spiro atoms. The number of piperidine rings is 1. The van der Waals surface area contributed by atoms with Crippen molar-refractivity contribution in [3.8, 4) is 0 Å². The smallest absolute Gasteiger partial charge is 0.270 e. The number of carbonyl (C=O) groups excluding carboxylic acids is 1. The molecule has 0 unspecified atom stereocenters. The average Bonchev–Trinajstić information content (AvgIpc) is 2.68. The van der Waals surface area contributed by atoms with Gasteiger partial charge < -0.3 is 15.5 Å². The van der Waals surface area contributed by atoms with Crippen molar-refractivity contribution in [1.29, 1.82) is 0 Å². The molecule has 1 aromatic heterocycles. The molecule has 0 atom stereocenters. The van der Waals surface area contributed by atoms with Crippen LogP contribution in [-0.4, -0.2) is 35.5 Å². The van der Waals surface area contributed by atoms with E-state index in [-0.39, 0.29) is 5.91 Å². The summed E-state index contributed by atoms with van der Waals surface area (Å²) in [7, 11) is 0. The first kappa shape index (κ1) is 21.1. The Morgan fingerprint density at radius 1 is 1.17 bits per heavy atom. The van der Waals surface area contributed by atoms with Crippen molar-refractivity contribution in [2.45, 2.75) is 47.0 Å². The highest BCUT2D eigenvalue weighted by Gasteiger charge is 2.16. The molecular weight excluding hydrogens is 362 g/mol. The van der Waals surface area contributed by atoms with E-state index in [0.29, 0.717) is 29.8 Å². The Balaban J connectivity index is 1.63. The van der Waals surface area contributed by atoms with Crippen LogP contribution in [0.5, 0.6) is 0 Å². The van der Waals surface area contributed by atoms with Crippen molar-refractivity contribution in [3.05, 3.63) is 41.9 Å². The fourth-order valence-electron chi connectivity index (χ4n) is 3.48. The van der Waals surface area contributed by atoms with Gasteiger partial charge in [-0.05, 0) is 62.3 Å². The van der Waals surface area contributed by atoms with Gasteiger partial charge in [0.2, 0.25) is 0 Å². The van der Waals surface area contributed by atoms with Crippen LogP contribution in [0.25, 0.3) is 0 Å². The van der Waals surface area contributed by atoms with E-state index in [2.05, 4.69) is 70.5 Å². The van der Waals surface area contributed by atoms with Crippen LogP contribution in [0.1, 0.15) is 56.3 Å². The fraction of sp³-hybridized carbons (Fsp3) is 0.522. The standard InChI is InChI=1S/C23H33N5O/c1-16(2)9-12-24-23(29)21-15-22(26-18(4)25-21)27-19-5-7-20(8-6-19)28-13-10-17(3)11-14-28/h5-8,15-17H,9-14H2,1-4H3,(H,24,29)(H,25,26,27). The number of benzene rings is 1. The molecule has 0 bridgehead atoms. The molecule has 1 aromatic carbocycles. The van der Waals surface area contributed by atoms with E-state index in [0.717, 1.165) is 31.1 Å². The fourth-order valence-corrected chi connectivity index (χ4v) is 3.48. The maximum atomic E-state index is 12.4. The van der Waals surface area contributed by atoms with Gasteiger partial charge in [0, 0.05) is 37.1 Å². The number of aryl methyl sites for hydroxylation is 1. The summed E-state index contributed by atoms with van der Waals surface area (Å²) in [6.45, 7) is 11.3. The lowest BCUT2D eigenvalue weighted by Crippen LogP contribution is -2.32. The number of carbonyl (C=O) groups is 1. The first-order chi connectivity index (χ1) is 13.9. The number of rotatable bonds is 7. The summed E-state index contributed by atoms with van der Waals surface area (Å²) >= 11 is 0. The molecule has 1 aliphatic rings. The van der Waals surface area contributed by atoms with Crippen molar-refractivity contribution < 1.29 is 4.79 Å². The van der Waals surface area contributed by atoms with E-state index >= 15 is 0 Å². The zero-order valence-electron chi connectivity index (χ0n) is 18.0. The van der Waals surface area contributed by atoms with Crippen LogP contribution >= 0.6 is 0 Å². The van der Waals surface area contributed by atoms with Gasteiger partial charge in [-0.3, -0.25) is 4.79 Å². The molecule has 0 radical (unpaired) electrons. The van der Waals surface area contributed by atoms with Crippen molar-refractivity contribution in [1.82, 2.24) is 15.3 Å². The number of aromatic nitrogens is 2. The molecule has 6 heteroatoms. The molecular formula is C23H33N5O. The largest absolute Gasteiger partial charge is 0.372 e. The third-order valence-corrected chi connectivity index (χ3v) is 5.37. The second-order valence-electron chi connectivity index (χ2n) is 8.47. The second-order valence-corrected chi connectivity index (χ2v) is 8.47. The Bertz CT molecular complexity index is 811. The zero-order valence-corrected chi connectivity index (χ0v) is 18.0. The van der Waals surface area contributed by atoms with E-state index in [1.165, 1.54) is 18.5 Å². The SMILES string of the molecule is Cc1nc(Nc2ccc(N3CCC(C)CC3)cc2)cc(C(=O)NCCC(C)C)n1. The van der Waals surface area contributed by atoms with Gasteiger partial charge >= 0.3 is 0 Å². The molecule has 2 N–H and O–H groups in total. The molecule has 6 nitrogen and oxygen atoms in total. The molecule has 2 heterocycles. The van der Waals surface area contributed by atoms with Crippen LogP contribution in [0.4, 0.5) is 17.2 Å². The van der Waals surface area contributed by atoms with Crippen molar-refractivity contribution in [3.63, 3.8) is 0 Å². The number of nitrogens with one attached hydrogen (secondary N) is 2. The van der Waals surface area contributed by atoms with Crippen molar-refractivity contribution >= 4 is 23.1 Å². The molecule has 1 amide bonds. The number of hydrogen-bond acceptors (Lipinski definition) is 5. The summed E-state index contributed by atoms with van der Waals surface area (Å²) in [6.07, 6.45) is 3.45. The summed E-state index contributed by atoms with van der Waals surface area (Å²) in [5.41, 5.74) is 2.60. The van der Waals surface area contributed by atoms with Gasteiger partial charge in [-0.1, -0.05) is 20.8 Å². The third-order valence-electron chi connectivity index (χ3n) is 5.37. The average molecular weight is 396 g/mol. The van der Waals surface area contributed by atoms with E-state index in [1.807, 2.05) is 0 Å². The summed E-state index contributed by atoms with van der Waals surface area (Å²) in [5.74, 6) is 2.42. The Morgan fingerprint density at radius 2 is 1.86 bits per heavy atom. The Kier molecular flexibility index (Phi) is 7.07. The van der Waals surface area contributed by atoms with E-state index in [4.69, 9.17) is 0 Å². The van der Waals surface area contributed by atoms with Crippen LogP contribution in [0.3, 0.4) is 0 Å². The van der Waals surface area contributed by atoms with Crippen LogP contribution in [0.2, 0.25) is 0 Å². The van der Waals surface area contributed by atoms with Crippen LogP contribution in [0.15, 0.2) is 30.3 Å². The zero-order chi connectivity index (χ0) is 20.8. The molecule has 0 saturated carbocycles. The van der Waals surface area contributed by atoms with Gasteiger partial charge in [-0.2, -0.15) is 0 Å². The molecule has 29 heavy (non-hydrogen) atoms. The summed E-state index contributed by atoms with van der Waals surface area (Å²) in [6, 6.07) is 10.1. The highest BCUT2D eigenvalue weighted by Crippen LogP contribution is 2.25. The van der Waals surface area contributed by atoms with Gasteiger partial charge in [0.15, 0.2) is 0 Å². The maximum Gasteiger partial charge on any atom is 0.270 e. The Morgan fingerprint density at radius 3 is 2.52 bits per heavy atom. The van der Waals surface area contributed by atoms with Gasteiger partial charge in [-0.15, -0.1) is 0 Å². The minimum absolute atomic E-state index is 0.158. The van der Waals surface area contributed by atoms with E-state index in [1.54, 1.807) is 13.0 Å². The minimum atomic E-state index is -0.158. The topological polar surface area (TPSA) is 70.2 Å². The van der Waals surface area contributed by atoms with Crippen LogP contribution in [0, 0.1) is 18.8 Å². The maximum absolute atomic E-state index is 12.4. The normalized spacial score (nSPS) is 14.9. The monoisotopic (exact) mass is 395 g/mol. The first-order valence-corrected chi connectivity index (χ1v) is 10.7.